The van der Waals surface area contributed by atoms with Crippen LogP contribution in [0.4, 0.5) is 13.2 Å². The van der Waals surface area contributed by atoms with Gasteiger partial charge in [-0.15, -0.1) is 0 Å². The molecule has 0 aliphatic rings. The van der Waals surface area contributed by atoms with Crippen molar-refractivity contribution in [2.75, 3.05) is 6.54 Å². The molecule has 2 aromatic rings. The predicted molar refractivity (Wildman–Crippen MR) is 58.5 cm³/mol. The Balaban J connectivity index is 2.56. The van der Waals surface area contributed by atoms with Crippen LogP contribution in [0.1, 0.15) is 11.3 Å². The molecule has 2 aromatic heterocycles. The Kier molecular flexibility index (Phi) is 2.82. The van der Waals surface area contributed by atoms with Gasteiger partial charge in [0.15, 0.2) is 0 Å². The fourth-order valence-electron chi connectivity index (χ4n) is 1.82. The number of hydrogen-bond donors (Lipinski definition) is 1. The Bertz CT molecular complexity index is 543. The molecular weight excluding hydrogens is 231 g/mol. The highest BCUT2D eigenvalue weighted by Gasteiger charge is 2.31. The summed E-state index contributed by atoms with van der Waals surface area (Å²) in [5.41, 5.74) is 6.14. The standard InChI is InChI=1S/C11H12F3N3/c1-17-9(2-3-15)5-7-4-8(11(12,13)14)6-16-10(7)17/h4-6H,2-3,15H2,1H3. The summed E-state index contributed by atoms with van der Waals surface area (Å²) in [6.07, 6.45) is -2.88. The van der Waals surface area contributed by atoms with Crippen molar-refractivity contribution in [1.29, 1.82) is 0 Å². The smallest absolute Gasteiger partial charge is 0.333 e. The number of halogens is 3. The Morgan fingerprint density at radius 2 is 2.06 bits per heavy atom. The largest absolute Gasteiger partial charge is 0.417 e. The van der Waals surface area contributed by atoms with Crippen molar-refractivity contribution >= 4 is 11.0 Å². The molecule has 0 spiro atoms. The first-order chi connectivity index (χ1) is 7.93. The number of hydrogen-bond acceptors (Lipinski definition) is 2. The molecule has 6 heteroatoms. The minimum atomic E-state index is -4.36. The molecule has 0 aromatic carbocycles. The van der Waals surface area contributed by atoms with Crippen LogP contribution in [0.25, 0.3) is 11.0 Å². The number of nitrogens with two attached hydrogens (primary N) is 1. The summed E-state index contributed by atoms with van der Waals surface area (Å²) in [5.74, 6) is 0. The molecule has 0 aliphatic heterocycles. The molecule has 2 N–H and O–H groups in total. The first kappa shape index (κ1) is 11.9. The lowest BCUT2D eigenvalue weighted by Gasteiger charge is -2.06. The summed E-state index contributed by atoms with van der Waals surface area (Å²) in [4.78, 5) is 3.85. The number of aromatic nitrogens is 2. The topological polar surface area (TPSA) is 43.8 Å². The first-order valence-corrected chi connectivity index (χ1v) is 5.15. The summed E-state index contributed by atoms with van der Waals surface area (Å²) < 4.78 is 39.3. The van der Waals surface area contributed by atoms with E-state index in [1.54, 1.807) is 17.7 Å². The highest BCUT2D eigenvalue weighted by molar-refractivity contribution is 5.78. The lowest BCUT2D eigenvalue weighted by molar-refractivity contribution is -0.137. The van der Waals surface area contributed by atoms with E-state index in [1.165, 1.54) is 0 Å². The fraction of sp³-hybridized carbons (Fsp3) is 0.364. The minimum Gasteiger partial charge on any atom is -0.333 e. The molecule has 0 radical (unpaired) electrons. The van der Waals surface area contributed by atoms with Gasteiger partial charge in [0, 0.05) is 24.3 Å². The molecule has 0 aliphatic carbocycles. The summed E-state index contributed by atoms with van der Waals surface area (Å²) >= 11 is 0. The van der Waals surface area contributed by atoms with Crippen LogP contribution in [0.2, 0.25) is 0 Å². The van der Waals surface area contributed by atoms with E-state index in [0.29, 0.717) is 24.0 Å². The molecule has 0 unspecified atom stereocenters. The molecule has 3 nitrogen and oxygen atoms in total. The first-order valence-electron chi connectivity index (χ1n) is 5.15. The fourth-order valence-corrected chi connectivity index (χ4v) is 1.82. The van der Waals surface area contributed by atoms with E-state index in [2.05, 4.69) is 4.98 Å². The number of fused-ring (bicyclic) bond motifs is 1. The van der Waals surface area contributed by atoms with E-state index in [0.717, 1.165) is 18.0 Å². The predicted octanol–water partition coefficient (Wildman–Crippen LogP) is 2.09. The molecule has 0 saturated carbocycles. The third-order valence-electron chi connectivity index (χ3n) is 2.69. The van der Waals surface area contributed by atoms with Crippen LogP contribution in [0, 0.1) is 0 Å². The number of alkyl halides is 3. The molecule has 0 amide bonds. The average molecular weight is 243 g/mol. The third-order valence-corrected chi connectivity index (χ3v) is 2.69. The van der Waals surface area contributed by atoms with Gasteiger partial charge in [0.05, 0.1) is 5.56 Å². The maximum atomic E-state index is 12.5. The van der Waals surface area contributed by atoms with Gasteiger partial charge in [-0.25, -0.2) is 4.98 Å². The molecule has 92 valence electrons. The quantitative estimate of drug-likeness (QED) is 0.877. The normalized spacial score (nSPS) is 12.3. The van der Waals surface area contributed by atoms with Gasteiger partial charge in [-0.05, 0) is 25.1 Å². The second kappa shape index (κ2) is 4.03. The Labute approximate surface area is 96.0 Å². The van der Waals surface area contributed by atoms with Gasteiger partial charge < -0.3 is 10.3 Å². The number of nitrogens with zero attached hydrogens (tertiary/aromatic N) is 2. The van der Waals surface area contributed by atoms with Gasteiger partial charge in [0.25, 0.3) is 0 Å². The summed E-state index contributed by atoms with van der Waals surface area (Å²) in [7, 11) is 1.77. The highest BCUT2D eigenvalue weighted by Crippen LogP contribution is 2.31. The molecule has 2 heterocycles. The Hall–Kier alpha value is -1.56. The second-order valence-corrected chi connectivity index (χ2v) is 3.87. The SMILES string of the molecule is Cn1c(CCN)cc2cc(C(F)(F)F)cnc21. The third kappa shape index (κ3) is 2.12. The lowest BCUT2D eigenvalue weighted by Crippen LogP contribution is -2.07. The van der Waals surface area contributed by atoms with E-state index in [-0.39, 0.29) is 0 Å². The second-order valence-electron chi connectivity index (χ2n) is 3.87. The van der Waals surface area contributed by atoms with Gasteiger partial charge in [0.1, 0.15) is 5.65 Å². The monoisotopic (exact) mass is 243 g/mol. The molecular formula is C11H12F3N3. The molecule has 0 atom stereocenters. The van der Waals surface area contributed by atoms with Crippen molar-refractivity contribution < 1.29 is 13.2 Å². The van der Waals surface area contributed by atoms with E-state index in [1.807, 2.05) is 0 Å². The van der Waals surface area contributed by atoms with Gasteiger partial charge >= 0.3 is 6.18 Å². The zero-order chi connectivity index (χ0) is 12.6. The number of rotatable bonds is 2. The maximum absolute atomic E-state index is 12.5. The summed E-state index contributed by atoms with van der Waals surface area (Å²) in [6, 6.07) is 2.81. The van der Waals surface area contributed by atoms with Gasteiger partial charge in [0.2, 0.25) is 0 Å². The van der Waals surface area contributed by atoms with E-state index in [9.17, 15) is 13.2 Å². The van der Waals surface area contributed by atoms with Crippen LogP contribution in [0.3, 0.4) is 0 Å². The molecule has 0 bridgehead atoms. The number of aryl methyl sites for hydroxylation is 1. The zero-order valence-corrected chi connectivity index (χ0v) is 9.25. The van der Waals surface area contributed by atoms with Crippen molar-refractivity contribution in [3.05, 3.63) is 29.6 Å². The summed E-state index contributed by atoms with van der Waals surface area (Å²) in [5, 5.41) is 0.491. The zero-order valence-electron chi connectivity index (χ0n) is 9.25. The molecule has 17 heavy (non-hydrogen) atoms. The van der Waals surface area contributed by atoms with Crippen LogP contribution < -0.4 is 5.73 Å². The van der Waals surface area contributed by atoms with Gasteiger partial charge in [-0.2, -0.15) is 13.2 Å². The molecule has 0 fully saturated rings. The Morgan fingerprint density at radius 3 is 2.65 bits per heavy atom. The van der Waals surface area contributed by atoms with E-state index >= 15 is 0 Å². The van der Waals surface area contributed by atoms with E-state index in [4.69, 9.17) is 5.73 Å². The van der Waals surface area contributed by atoms with Gasteiger partial charge in [-0.3, -0.25) is 0 Å². The van der Waals surface area contributed by atoms with Crippen molar-refractivity contribution in [2.45, 2.75) is 12.6 Å². The van der Waals surface area contributed by atoms with Crippen molar-refractivity contribution in [1.82, 2.24) is 9.55 Å². The maximum Gasteiger partial charge on any atom is 0.417 e. The van der Waals surface area contributed by atoms with Crippen molar-refractivity contribution in [3.8, 4) is 0 Å². The van der Waals surface area contributed by atoms with Gasteiger partial charge in [-0.1, -0.05) is 0 Å². The Morgan fingerprint density at radius 1 is 1.35 bits per heavy atom. The highest BCUT2D eigenvalue weighted by atomic mass is 19.4. The molecule has 0 saturated heterocycles. The average Bonchev–Trinajstić information content (AvgIpc) is 2.55. The van der Waals surface area contributed by atoms with Crippen molar-refractivity contribution in [2.24, 2.45) is 12.8 Å². The van der Waals surface area contributed by atoms with Crippen LogP contribution in [0.15, 0.2) is 18.3 Å². The van der Waals surface area contributed by atoms with Crippen LogP contribution >= 0.6 is 0 Å². The van der Waals surface area contributed by atoms with E-state index < -0.39 is 11.7 Å². The lowest BCUT2D eigenvalue weighted by atomic mass is 10.2. The number of pyridine rings is 1. The van der Waals surface area contributed by atoms with Crippen LogP contribution in [-0.4, -0.2) is 16.1 Å². The minimum absolute atomic E-state index is 0.455. The summed E-state index contributed by atoms with van der Waals surface area (Å²) in [6.45, 7) is 0.455. The van der Waals surface area contributed by atoms with Crippen molar-refractivity contribution in [3.63, 3.8) is 0 Å². The van der Waals surface area contributed by atoms with Crippen LogP contribution in [0.5, 0.6) is 0 Å². The van der Waals surface area contributed by atoms with Crippen LogP contribution in [-0.2, 0) is 19.6 Å². The molecule has 2 rings (SSSR count).